The third kappa shape index (κ3) is 2.96. The summed E-state index contributed by atoms with van der Waals surface area (Å²) in [5.41, 5.74) is 6.70. The number of nitrogen functional groups attached to an aromatic ring is 1. The van der Waals surface area contributed by atoms with Gasteiger partial charge in [0.25, 0.3) is 5.91 Å². The molecule has 3 N–H and O–H groups in total. The summed E-state index contributed by atoms with van der Waals surface area (Å²) in [6, 6.07) is 2.60. The quantitative estimate of drug-likeness (QED) is 0.873. The number of hydrogen-bond donors (Lipinski definition) is 2. The molecule has 0 atom stereocenters. The fraction of sp³-hybridized carbons (Fsp3) is 0.571. The van der Waals surface area contributed by atoms with Crippen LogP contribution in [0.2, 0.25) is 0 Å². The number of rotatable bonds is 3. The van der Waals surface area contributed by atoms with Gasteiger partial charge in [-0.05, 0) is 13.8 Å². The molecule has 0 bridgehead atoms. The average Bonchev–Trinajstić information content (AvgIpc) is 2.83. The first-order chi connectivity index (χ1) is 9.99. The van der Waals surface area contributed by atoms with Crippen LogP contribution in [-0.2, 0) is 0 Å². The molecule has 1 amide bonds. The molecule has 114 valence electrons. The molecule has 2 heterocycles. The summed E-state index contributed by atoms with van der Waals surface area (Å²) in [5.74, 6) is -0.230. The summed E-state index contributed by atoms with van der Waals surface area (Å²) in [6.07, 6.45) is 0. The largest absolute Gasteiger partial charge is 0.396 e. The molecule has 0 spiro atoms. The highest BCUT2D eigenvalue weighted by Crippen LogP contribution is 2.38. The van der Waals surface area contributed by atoms with Crippen molar-refractivity contribution < 1.29 is 4.79 Å². The first kappa shape index (κ1) is 15.6. The van der Waals surface area contributed by atoms with Crippen LogP contribution in [0, 0.1) is 11.3 Å². The normalized spacial score (nSPS) is 16.0. The Labute approximate surface area is 129 Å². The number of thiophene rings is 1. The Morgan fingerprint density at radius 2 is 2.00 bits per heavy atom. The predicted molar refractivity (Wildman–Crippen MR) is 85.8 cm³/mol. The number of carbonyl (C=O) groups excluding carboxylic acids is 1. The highest BCUT2D eigenvalue weighted by atomic mass is 32.1. The van der Waals surface area contributed by atoms with Gasteiger partial charge in [0.2, 0.25) is 0 Å². The number of hydrogen-bond acceptors (Lipinski definition) is 6. The molecule has 0 unspecified atom stereocenters. The van der Waals surface area contributed by atoms with Gasteiger partial charge in [0.15, 0.2) is 0 Å². The van der Waals surface area contributed by atoms with Crippen molar-refractivity contribution in [3.63, 3.8) is 0 Å². The molecular weight excluding hydrogens is 286 g/mol. The first-order valence-corrected chi connectivity index (χ1v) is 7.84. The lowest BCUT2D eigenvalue weighted by Crippen LogP contribution is -2.49. The second-order valence-electron chi connectivity index (χ2n) is 5.33. The van der Waals surface area contributed by atoms with Crippen molar-refractivity contribution in [2.75, 3.05) is 43.9 Å². The maximum absolute atomic E-state index is 12.1. The fourth-order valence-electron chi connectivity index (χ4n) is 2.52. The van der Waals surface area contributed by atoms with Crippen molar-refractivity contribution in [3.05, 3.63) is 10.4 Å². The minimum absolute atomic E-state index is 0.230. The van der Waals surface area contributed by atoms with E-state index >= 15 is 0 Å². The molecule has 1 aromatic heterocycles. The van der Waals surface area contributed by atoms with Gasteiger partial charge in [-0.15, -0.1) is 11.3 Å². The lowest BCUT2D eigenvalue weighted by molar-refractivity contribution is 0.0964. The van der Waals surface area contributed by atoms with E-state index in [1.54, 1.807) is 7.05 Å². The molecule has 0 radical (unpaired) electrons. The predicted octanol–water partition coefficient (Wildman–Crippen LogP) is 1.09. The Kier molecular flexibility index (Phi) is 4.70. The summed E-state index contributed by atoms with van der Waals surface area (Å²) in [6.45, 7) is 7.94. The minimum Gasteiger partial charge on any atom is -0.396 e. The van der Waals surface area contributed by atoms with Gasteiger partial charge in [-0.25, -0.2) is 0 Å². The summed E-state index contributed by atoms with van der Waals surface area (Å²) in [5, 5.41) is 12.6. The van der Waals surface area contributed by atoms with Crippen LogP contribution in [-0.4, -0.2) is 50.1 Å². The van der Waals surface area contributed by atoms with Crippen LogP contribution in [0.1, 0.15) is 29.1 Å². The summed E-state index contributed by atoms with van der Waals surface area (Å²) in [4.78, 5) is 17.0. The molecule has 1 aliphatic rings. The molecule has 21 heavy (non-hydrogen) atoms. The van der Waals surface area contributed by atoms with E-state index in [0.29, 0.717) is 22.2 Å². The number of nitriles is 1. The van der Waals surface area contributed by atoms with Gasteiger partial charge < -0.3 is 16.0 Å². The standard InChI is InChI=1S/C14H21N5OS/c1-9(2)18-4-6-19(7-5-18)14-11(13(20)17-3)12(16)10(8-15)21-14/h9H,4-7,16H2,1-3H3,(H,17,20). The van der Waals surface area contributed by atoms with Crippen molar-refractivity contribution in [2.24, 2.45) is 0 Å². The molecule has 0 aromatic carbocycles. The Bertz CT molecular complexity index is 567. The molecule has 2 rings (SSSR count). The number of carbonyl (C=O) groups is 1. The maximum atomic E-state index is 12.1. The van der Waals surface area contributed by atoms with E-state index < -0.39 is 0 Å². The minimum atomic E-state index is -0.230. The number of nitrogens with zero attached hydrogens (tertiary/aromatic N) is 3. The Morgan fingerprint density at radius 3 is 2.48 bits per heavy atom. The summed E-state index contributed by atoms with van der Waals surface area (Å²) >= 11 is 1.31. The van der Waals surface area contributed by atoms with E-state index in [0.717, 1.165) is 31.2 Å². The van der Waals surface area contributed by atoms with E-state index in [4.69, 9.17) is 11.0 Å². The van der Waals surface area contributed by atoms with Crippen molar-refractivity contribution >= 4 is 27.9 Å². The fourth-order valence-corrected chi connectivity index (χ4v) is 3.59. The molecule has 1 fully saturated rings. The highest BCUT2D eigenvalue weighted by molar-refractivity contribution is 7.17. The molecule has 6 nitrogen and oxygen atoms in total. The van der Waals surface area contributed by atoms with E-state index in [2.05, 4.69) is 35.0 Å². The topological polar surface area (TPSA) is 85.4 Å². The SMILES string of the molecule is CNC(=O)c1c(N2CCN(C(C)C)CC2)sc(C#N)c1N. The number of anilines is 2. The average molecular weight is 307 g/mol. The third-order valence-corrected chi connectivity index (χ3v) is 4.99. The lowest BCUT2D eigenvalue weighted by atomic mass is 10.2. The van der Waals surface area contributed by atoms with Crippen molar-refractivity contribution in [1.82, 2.24) is 10.2 Å². The molecular formula is C14H21N5OS. The number of nitrogens with two attached hydrogens (primary N) is 1. The van der Waals surface area contributed by atoms with Crippen molar-refractivity contribution in [2.45, 2.75) is 19.9 Å². The van der Waals surface area contributed by atoms with Crippen LogP contribution in [0.4, 0.5) is 10.7 Å². The monoisotopic (exact) mass is 307 g/mol. The van der Waals surface area contributed by atoms with E-state index in [1.807, 2.05) is 0 Å². The molecule has 0 saturated carbocycles. The maximum Gasteiger partial charge on any atom is 0.256 e. The van der Waals surface area contributed by atoms with Gasteiger partial charge in [0, 0.05) is 39.3 Å². The second-order valence-corrected chi connectivity index (χ2v) is 6.33. The number of nitrogens with one attached hydrogen (secondary N) is 1. The first-order valence-electron chi connectivity index (χ1n) is 7.03. The Hall–Kier alpha value is -1.78. The van der Waals surface area contributed by atoms with Crippen LogP contribution in [0.25, 0.3) is 0 Å². The molecule has 1 saturated heterocycles. The second kappa shape index (κ2) is 6.33. The zero-order valence-electron chi connectivity index (χ0n) is 12.6. The summed E-state index contributed by atoms with van der Waals surface area (Å²) < 4.78 is 0. The van der Waals surface area contributed by atoms with Crippen molar-refractivity contribution in [1.29, 1.82) is 5.26 Å². The molecule has 7 heteroatoms. The Morgan fingerprint density at radius 1 is 1.38 bits per heavy atom. The van der Waals surface area contributed by atoms with Crippen LogP contribution in [0.15, 0.2) is 0 Å². The zero-order valence-corrected chi connectivity index (χ0v) is 13.5. The van der Waals surface area contributed by atoms with Gasteiger partial charge in [-0.1, -0.05) is 0 Å². The number of amides is 1. The van der Waals surface area contributed by atoms with Crippen LogP contribution >= 0.6 is 11.3 Å². The van der Waals surface area contributed by atoms with E-state index in [9.17, 15) is 4.79 Å². The Balaban J connectivity index is 2.28. The van der Waals surface area contributed by atoms with Crippen molar-refractivity contribution in [3.8, 4) is 6.07 Å². The van der Waals surface area contributed by atoms with Crippen LogP contribution < -0.4 is 16.0 Å². The number of piperazine rings is 1. The van der Waals surface area contributed by atoms with Gasteiger partial charge >= 0.3 is 0 Å². The smallest absolute Gasteiger partial charge is 0.256 e. The van der Waals surface area contributed by atoms with Gasteiger partial charge in [0.1, 0.15) is 15.9 Å². The molecule has 1 aromatic rings. The highest BCUT2D eigenvalue weighted by Gasteiger charge is 2.27. The zero-order chi connectivity index (χ0) is 15.6. The summed E-state index contributed by atoms with van der Waals surface area (Å²) in [7, 11) is 1.58. The van der Waals surface area contributed by atoms with E-state index in [1.165, 1.54) is 11.3 Å². The lowest BCUT2D eigenvalue weighted by Gasteiger charge is -2.37. The molecule has 1 aliphatic heterocycles. The van der Waals surface area contributed by atoms with Gasteiger partial charge in [0.05, 0.1) is 11.3 Å². The third-order valence-electron chi connectivity index (χ3n) is 3.81. The molecule has 0 aliphatic carbocycles. The van der Waals surface area contributed by atoms with Gasteiger partial charge in [-0.2, -0.15) is 5.26 Å². The van der Waals surface area contributed by atoms with Crippen LogP contribution in [0.5, 0.6) is 0 Å². The van der Waals surface area contributed by atoms with E-state index in [-0.39, 0.29) is 5.91 Å². The van der Waals surface area contributed by atoms with Crippen LogP contribution in [0.3, 0.4) is 0 Å². The van der Waals surface area contributed by atoms with Gasteiger partial charge in [-0.3, -0.25) is 9.69 Å².